The average molecular weight is 376 g/mol. The Morgan fingerprint density at radius 1 is 1.27 bits per heavy atom. The summed E-state index contributed by atoms with van der Waals surface area (Å²) in [5.74, 6) is -0.316. The Bertz CT molecular complexity index is 822. The van der Waals surface area contributed by atoms with Gasteiger partial charge in [-0.05, 0) is 42.7 Å². The fourth-order valence-corrected chi connectivity index (χ4v) is 2.61. The van der Waals surface area contributed by atoms with Crippen molar-refractivity contribution in [3.05, 3.63) is 68.7 Å². The molecule has 0 bridgehead atoms. The van der Waals surface area contributed by atoms with Crippen LogP contribution in [0.2, 0.25) is 5.02 Å². The van der Waals surface area contributed by atoms with E-state index in [0.29, 0.717) is 10.6 Å². The van der Waals surface area contributed by atoms with Crippen LogP contribution in [0, 0.1) is 10.1 Å². The van der Waals surface area contributed by atoms with Crippen molar-refractivity contribution in [1.82, 2.24) is 5.32 Å². The molecule has 3 N–H and O–H groups in total. The summed E-state index contributed by atoms with van der Waals surface area (Å²) < 4.78 is 0. The molecule has 0 heterocycles. The van der Waals surface area contributed by atoms with Gasteiger partial charge in [-0.2, -0.15) is 0 Å². The van der Waals surface area contributed by atoms with E-state index in [-0.39, 0.29) is 35.4 Å². The van der Waals surface area contributed by atoms with Gasteiger partial charge in [0.25, 0.3) is 11.6 Å². The molecule has 1 amide bonds. The Morgan fingerprint density at radius 2 is 1.96 bits per heavy atom. The lowest BCUT2D eigenvalue weighted by Gasteiger charge is -2.14. The molecule has 8 heteroatoms. The van der Waals surface area contributed by atoms with Crippen molar-refractivity contribution in [2.75, 3.05) is 11.9 Å². The second kappa shape index (κ2) is 7.72. The third kappa shape index (κ3) is 4.50. The Kier molecular flexibility index (Phi) is 5.39. The van der Waals surface area contributed by atoms with Crippen molar-refractivity contribution in [3.8, 4) is 0 Å². The minimum absolute atomic E-state index is 0.0795. The number of nitrogens with one attached hydrogen (secondary N) is 2. The molecule has 1 aliphatic carbocycles. The van der Waals surface area contributed by atoms with E-state index in [0.717, 1.165) is 12.8 Å². The van der Waals surface area contributed by atoms with Crippen molar-refractivity contribution in [2.24, 2.45) is 0 Å². The minimum Gasteiger partial charge on any atom is -0.387 e. The van der Waals surface area contributed by atoms with Gasteiger partial charge < -0.3 is 15.7 Å². The van der Waals surface area contributed by atoms with Gasteiger partial charge in [-0.1, -0.05) is 23.7 Å². The predicted molar refractivity (Wildman–Crippen MR) is 98.5 cm³/mol. The third-order valence-corrected chi connectivity index (χ3v) is 4.36. The van der Waals surface area contributed by atoms with E-state index in [2.05, 4.69) is 10.6 Å². The molecule has 1 atom stereocenters. The molecule has 0 spiro atoms. The standard InChI is InChI=1S/C18H18ClN3O4/c19-13-4-1-11(2-5-13)17(23)10-20-15-8-3-12(9-16(15)22(25)26)18(24)21-14-6-7-14/h1-5,8-9,14,17,20,23H,6-7,10H2,(H,21,24). The number of hydrogen-bond acceptors (Lipinski definition) is 5. The van der Waals surface area contributed by atoms with Crippen molar-refractivity contribution in [2.45, 2.75) is 25.0 Å². The summed E-state index contributed by atoms with van der Waals surface area (Å²) in [6.45, 7) is 0.0795. The van der Waals surface area contributed by atoms with E-state index >= 15 is 0 Å². The predicted octanol–water partition coefficient (Wildman–Crippen LogP) is 3.29. The van der Waals surface area contributed by atoms with Gasteiger partial charge in [0.2, 0.25) is 0 Å². The van der Waals surface area contributed by atoms with Crippen molar-refractivity contribution >= 4 is 28.9 Å². The number of aliphatic hydroxyl groups excluding tert-OH is 1. The Hall–Kier alpha value is -2.64. The number of hydrogen-bond donors (Lipinski definition) is 3. The van der Waals surface area contributed by atoms with Gasteiger partial charge in [0.1, 0.15) is 5.69 Å². The van der Waals surface area contributed by atoms with Crippen LogP contribution in [0.15, 0.2) is 42.5 Å². The monoisotopic (exact) mass is 375 g/mol. The zero-order valence-corrected chi connectivity index (χ0v) is 14.6. The molecule has 1 unspecified atom stereocenters. The summed E-state index contributed by atoms with van der Waals surface area (Å²) in [6, 6.07) is 11.1. The molecule has 136 valence electrons. The van der Waals surface area contributed by atoms with Crippen molar-refractivity contribution in [1.29, 1.82) is 0 Å². The molecular formula is C18H18ClN3O4. The number of benzene rings is 2. The molecular weight excluding hydrogens is 358 g/mol. The highest BCUT2D eigenvalue weighted by molar-refractivity contribution is 6.30. The fourth-order valence-electron chi connectivity index (χ4n) is 2.48. The molecule has 0 aliphatic heterocycles. The maximum atomic E-state index is 12.1. The molecule has 2 aromatic carbocycles. The van der Waals surface area contributed by atoms with E-state index in [1.54, 1.807) is 24.3 Å². The number of anilines is 1. The summed E-state index contributed by atoms with van der Waals surface area (Å²) in [5.41, 5.74) is 0.917. The van der Waals surface area contributed by atoms with Gasteiger partial charge in [-0.3, -0.25) is 14.9 Å². The van der Waals surface area contributed by atoms with Gasteiger partial charge in [0.05, 0.1) is 11.0 Å². The van der Waals surface area contributed by atoms with E-state index in [9.17, 15) is 20.0 Å². The van der Waals surface area contributed by atoms with Gasteiger partial charge in [0, 0.05) is 29.2 Å². The topological polar surface area (TPSA) is 104 Å². The summed E-state index contributed by atoms with van der Waals surface area (Å²) in [7, 11) is 0. The number of halogens is 1. The maximum Gasteiger partial charge on any atom is 0.293 e. The van der Waals surface area contributed by atoms with Gasteiger partial charge >= 0.3 is 0 Å². The quantitative estimate of drug-likeness (QED) is 0.508. The van der Waals surface area contributed by atoms with Crippen LogP contribution < -0.4 is 10.6 Å². The molecule has 1 saturated carbocycles. The Balaban J connectivity index is 1.70. The molecule has 2 aromatic rings. The molecule has 26 heavy (non-hydrogen) atoms. The smallest absolute Gasteiger partial charge is 0.293 e. The third-order valence-electron chi connectivity index (χ3n) is 4.11. The number of nitro groups is 1. The Labute approximate surface area is 155 Å². The van der Waals surface area contributed by atoms with Crippen LogP contribution in [-0.2, 0) is 0 Å². The summed E-state index contributed by atoms with van der Waals surface area (Å²) in [6.07, 6.45) is 1.02. The highest BCUT2D eigenvalue weighted by Gasteiger charge is 2.25. The van der Waals surface area contributed by atoms with E-state index in [1.807, 2.05) is 0 Å². The zero-order valence-electron chi connectivity index (χ0n) is 13.8. The second-order valence-electron chi connectivity index (χ2n) is 6.19. The second-order valence-corrected chi connectivity index (χ2v) is 6.62. The highest BCUT2D eigenvalue weighted by atomic mass is 35.5. The first kappa shape index (κ1) is 18.2. The lowest BCUT2D eigenvalue weighted by molar-refractivity contribution is -0.384. The fraction of sp³-hybridized carbons (Fsp3) is 0.278. The van der Waals surface area contributed by atoms with Gasteiger partial charge in [-0.25, -0.2) is 0 Å². The largest absolute Gasteiger partial charge is 0.387 e. The van der Waals surface area contributed by atoms with Crippen LogP contribution in [0.25, 0.3) is 0 Å². The first-order chi connectivity index (χ1) is 12.4. The van der Waals surface area contributed by atoms with Gasteiger partial charge in [-0.15, -0.1) is 0 Å². The van der Waals surface area contributed by atoms with Crippen LogP contribution in [0.1, 0.15) is 34.9 Å². The molecule has 3 rings (SSSR count). The lowest BCUT2D eigenvalue weighted by Crippen LogP contribution is -2.25. The van der Waals surface area contributed by atoms with Crippen molar-refractivity contribution < 1.29 is 14.8 Å². The van der Waals surface area contributed by atoms with E-state index in [1.165, 1.54) is 18.2 Å². The number of nitro benzene ring substituents is 1. The molecule has 1 fully saturated rings. The molecule has 0 saturated heterocycles. The molecule has 0 aromatic heterocycles. The zero-order chi connectivity index (χ0) is 18.7. The minimum atomic E-state index is -0.857. The number of nitrogens with zero attached hydrogens (tertiary/aromatic N) is 1. The van der Waals surface area contributed by atoms with E-state index in [4.69, 9.17) is 11.6 Å². The van der Waals surface area contributed by atoms with Crippen molar-refractivity contribution in [3.63, 3.8) is 0 Å². The summed E-state index contributed by atoms with van der Waals surface area (Å²) in [5, 5.41) is 27.8. The van der Waals surface area contributed by atoms with Crippen LogP contribution >= 0.6 is 11.6 Å². The number of amides is 1. The van der Waals surface area contributed by atoms with E-state index < -0.39 is 11.0 Å². The lowest BCUT2D eigenvalue weighted by atomic mass is 10.1. The molecule has 0 radical (unpaired) electrons. The SMILES string of the molecule is O=C(NC1CC1)c1ccc(NCC(O)c2ccc(Cl)cc2)c([N+](=O)[O-])c1. The molecule has 1 aliphatic rings. The van der Waals surface area contributed by atoms with Crippen LogP contribution in [0.4, 0.5) is 11.4 Å². The number of carbonyl (C=O) groups is 1. The van der Waals surface area contributed by atoms with Crippen LogP contribution in [0.3, 0.4) is 0 Å². The average Bonchev–Trinajstić information content (AvgIpc) is 3.44. The highest BCUT2D eigenvalue weighted by Crippen LogP contribution is 2.27. The number of rotatable bonds is 7. The van der Waals surface area contributed by atoms with Crippen LogP contribution in [0.5, 0.6) is 0 Å². The van der Waals surface area contributed by atoms with Crippen LogP contribution in [-0.4, -0.2) is 28.5 Å². The number of aliphatic hydroxyl groups is 1. The summed E-state index contributed by atoms with van der Waals surface area (Å²) in [4.78, 5) is 22.8. The maximum absolute atomic E-state index is 12.1. The van der Waals surface area contributed by atoms with Gasteiger partial charge in [0.15, 0.2) is 0 Å². The molecule has 7 nitrogen and oxygen atoms in total. The Morgan fingerprint density at radius 3 is 2.58 bits per heavy atom. The number of carbonyl (C=O) groups excluding carboxylic acids is 1. The first-order valence-electron chi connectivity index (χ1n) is 8.21. The first-order valence-corrected chi connectivity index (χ1v) is 8.58. The summed E-state index contributed by atoms with van der Waals surface area (Å²) >= 11 is 5.82. The normalized spacial score (nSPS) is 14.5.